The standard InChI is InChI=1S/C21H26N4O5/c1-21(2,12-19(27)24-25-20(28)14-6-5-9-22-13-14)11-18(26)23-16-8-7-15(29-3)10-17(16)30-4/h5-10,13H,11-12H2,1-4H3,(H,23,26)(H,24,27)(H,25,28). The van der Waals surface area contributed by atoms with Gasteiger partial charge in [0.2, 0.25) is 11.8 Å². The Kier molecular flexibility index (Phi) is 7.74. The molecule has 0 unspecified atom stereocenters. The largest absolute Gasteiger partial charge is 0.497 e. The highest BCUT2D eigenvalue weighted by atomic mass is 16.5. The number of nitrogens with zero attached hydrogens (tertiary/aromatic N) is 1. The summed E-state index contributed by atoms with van der Waals surface area (Å²) in [5.41, 5.74) is 4.88. The fraction of sp³-hybridized carbons (Fsp3) is 0.333. The maximum atomic E-state index is 12.5. The van der Waals surface area contributed by atoms with Crippen molar-refractivity contribution in [2.24, 2.45) is 5.41 Å². The highest BCUT2D eigenvalue weighted by Crippen LogP contribution is 2.31. The molecule has 0 spiro atoms. The first-order chi connectivity index (χ1) is 14.2. The van der Waals surface area contributed by atoms with Crippen LogP contribution in [0.3, 0.4) is 0 Å². The lowest BCUT2D eigenvalue weighted by Gasteiger charge is -2.23. The quantitative estimate of drug-likeness (QED) is 0.571. The van der Waals surface area contributed by atoms with E-state index in [0.717, 1.165) is 0 Å². The second-order valence-electron chi connectivity index (χ2n) is 7.38. The number of hydrazine groups is 1. The summed E-state index contributed by atoms with van der Waals surface area (Å²) in [4.78, 5) is 40.5. The predicted molar refractivity (Wildman–Crippen MR) is 111 cm³/mol. The molecule has 30 heavy (non-hydrogen) atoms. The van der Waals surface area contributed by atoms with Crippen LogP contribution in [0, 0.1) is 5.41 Å². The number of aromatic nitrogens is 1. The van der Waals surface area contributed by atoms with E-state index < -0.39 is 17.2 Å². The molecule has 0 saturated carbocycles. The molecule has 2 rings (SSSR count). The average molecular weight is 414 g/mol. The molecular formula is C21H26N4O5. The first kappa shape index (κ1) is 22.7. The second kappa shape index (κ2) is 10.2. The summed E-state index contributed by atoms with van der Waals surface area (Å²) < 4.78 is 10.4. The maximum Gasteiger partial charge on any atom is 0.271 e. The van der Waals surface area contributed by atoms with E-state index in [1.807, 2.05) is 0 Å². The van der Waals surface area contributed by atoms with E-state index in [9.17, 15) is 14.4 Å². The zero-order valence-electron chi connectivity index (χ0n) is 17.4. The molecule has 3 amide bonds. The number of nitrogens with one attached hydrogen (secondary N) is 3. The molecule has 3 N–H and O–H groups in total. The van der Waals surface area contributed by atoms with Crippen molar-refractivity contribution in [3.8, 4) is 11.5 Å². The molecule has 0 aliphatic heterocycles. The molecule has 9 nitrogen and oxygen atoms in total. The molecule has 0 atom stereocenters. The highest BCUT2D eigenvalue weighted by Gasteiger charge is 2.26. The topological polar surface area (TPSA) is 119 Å². The Morgan fingerprint density at radius 3 is 2.37 bits per heavy atom. The van der Waals surface area contributed by atoms with Crippen LogP contribution in [-0.4, -0.2) is 36.9 Å². The van der Waals surface area contributed by atoms with Gasteiger partial charge in [-0.15, -0.1) is 0 Å². The summed E-state index contributed by atoms with van der Waals surface area (Å²) in [6.07, 6.45) is 3.06. The number of carbonyl (C=O) groups is 3. The van der Waals surface area contributed by atoms with Gasteiger partial charge in [0.1, 0.15) is 11.5 Å². The molecule has 1 heterocycles. The van der Waals surface area contributed by atoms with Gasteiger partial charge in [-0.3, -0.25) is 30.2 Å². The van der Waals surface area contributed by atoms with Gasteiger partial charge in [-0.05, 0) is 29.7 Å². The summed E-state index contributed by atoms with van der Waals surface area (Å²) in [5.74, 6) is -0.0760. The third-order valence-corrected chi connectivity index (χ3v) is 4.20. The molecule has 0 aliphatic rings. The third kappa shape index (κ3) is 6.77. The number of rotatable bonds is 8. The first-order valence-electron chi connectivity index (χ1n) is 9.25. The van der Waals surface area contributed by atoms with Crippen LogP contribution in [0.5, 0.6) is 11.5 Å². The molecule has 9 heteroatoms. The summed E-state index contributed by atoms with van der Waals surface area (Å²) in [7, 11) is 3.04. The normalized spacial score (nSPS) is 10.7. The SMILES string of the molecule is COc1ccc(NC(=O)CC(C)(C)CC(=O)NNC(=O)c2cccnc2)c(OC)c1. The fourth-order valence-electron chi connectivity index (χ4n) is 2.77. The molecule has 0 fully saturated rings. The Hall–Kier alpha value is -3.62. The van der Waals surface area contributed by atoms with Gasteiger partial charge in [-0.1, -0.05) is 13.8 Å². The van der Waals surface area contributed by atoms with Gasteiger partial charge in [0.25, 0.3) is 5.91 Å². The van der Waals surface area contributed by atoms with Crippen LogP contribution in [0.4, 0.5) is 5.69 Å². The van der Waals surface area contributed by atoms with Crippen molar-refractivity contribution < 1.29 is 23.9 Å². The average Bonchev–Trinajstić information content (AvgIpc) is 2.72. The van der Waals surface area contributed by atoms with E-state index in [1.54, 1.807) is 57.5 Å². The van der Waals surface area contributed by atoms with Crippen LogP contribution < -0.4 is 25.6 Å². The Bertz CT molecular complexity index is 900. The number of pyridine rings is 1. The molecule has 2 aromatic rings. The summed E-state index contributed by atoms with van der Waals surface area (Å²) in [5, 5.41) is 2.79. The second-order valence-corrected chi connectivity index (χ2v) is 7.38. The summed E-state index contributed by atoms with van der Waals surface area (Å²) in [6.45, 7) is 3.58. The Morgan fingerprint density at radius 1 is 1.00 bits per heavy atom. The molecule has 160 valence electrons. The lowest BCUT2D eigenvalue weighted by atomic mass is 9.85. The van der Waals surface area contributed by atoms with Crippen LogP contribution >= 0.6 is 0 Å². The van der Waals surface area contributed by atoms with Gasteiger partial charge in [-0.2, -0.15) is 0 Å². The number of benzene rings is 1. The number of amides is 3. The minimum absolute atomic E-state index is 0.0352. The molecule has 0 radical (unpaired) electrons. The maximum absolute atomic E-state index is 12.5. The van der Waals surface area contributed by atoms with Crippen molar-refractivity contribution in [2.75, 3.05) is 19.5 Å². The zero-order valence-corrected chi connectivity index (χ0v) is 17.4. The van der Waals surface area contributed by atoms with Crippen molar-refractivity contribution in [3.05, 3.63) is 48.3 Å². The van der Waals surface area contributed by atoms with Crippen LogP contribution in [0.1, 0.15) is 37.0 Å². The number of ether oxygens (including phenoxy) is 2. The molecule has 0 saturated heterocycles. The zero-order chi connectivity index (χ0) is 22.1. The van der Waals surface area contributed by atoms with Crippen molar-refractivity contribution in [1.29, 1.82) is 0 Å². The van der Waals surface area contributed by atoms with Crippen LogP contribution in [0.15, 0.2) is 42.7 Å². The van der Waals surface area contributed by atoms with Crippen LogP contribution in [0.25, 0.3) is 0 Å². The van der Waals surface area contributed by atoms with E-state index in [4.69, 9.17) is 9.47 Å². The summed E-state index contributed by atoms with van der Waals surface area (Å²) in [6, 6.07) is 8.26. The van der Waals surface area contributed by atoms with Crippen LogP contribution in [-0.2, 0) is 9.59 Å². The predicted octanol–water partition coefficient (Wildman–Crippen LogP) is 2.30. The van der Waals surface area contributed by atoms with Gasteiger partial charge < -0.3 is 14.8 Å². The van der Waals surface area contributed by atoms with E-state index in [2.05, 4.69) is 21.2 Å². The number of anilines is 1. The van der Waals surface area contributed by atoms with E-state index in [1.165, 1.54) is 13.3 Å². The lowest BCUT2D eigenvalue weighted by molar-refractivity contribution is -0.124. The molecule has 1 aromatic heterocycles. The van der Waals surface area contributed by atoms with E-state index in [0.29, 0.717) is 22.7 Å². The van der Waals surface area contributed by atoms with Gasteiger partial charge in [0.15, 0.2) is 0 Å². The number of hydrogen-bond acceptors (Lipinski definition) is 6. The molecule has 0 aliphatic carbocycles. The number of hydrogen-bond donors (Lipinski definition) is 3. The van der Waals surface area contributed by atoms with Gasteiger partial charge in [0, 0.05) is 31.3 Å². The fourth-order valence-corrected chi connectivity index (χ4v) is 2.77. The third-order valence-electron chi connectivity index (χ3n) is 4.20. The van der Waals surface area contributed by atoms with Crippen molar-refractivity contribution in [1.82, 2.24) is 15.8 Å². The van der Waals surface area contributed by atoms with Gasteiger partial charge in [0.05, 0.1) is 25.5 Å². The van der Waals surface area contributed by atoms with Gasteiger partial charge >= 0.3 is 0 Å². The van der Waals surface area contributed by atoms with Crippen molar-refractivity contribution in [3.63, 3.8) is 0 Å². The minimum Gasteiger partial charge on any atom is -0.497 e. The highest BCUT2D eigenvalue weighted by molar-refractivity contribution is 5.95. The molecular weight excluding hydrogens is 388 g/mol. The number of methoxy groups -OCH3 is 2. The molecule has 0 bridgehead atoms. The van der Waals surface area contributed by atoms with Crippen molar-refractivity contribution in [2.45, 2.75) is 26.7 Å². The molecule has 1 aromatic carbocycles. The Labute approximate surface area is 175 Å². The van der Waals surface area contributed by atoms with Crippen LogP contribution in [0.2, 0.25) is 0 Å². The minimum atomic E-state index is -0.646. The lowest BCUT2D eigenvalue weighted by Crippen LogP contribution is -2.43. The van der Waals surface area contributed by atoms with E-state index in [-0.39, 0.29) is 18.7 Å². The van der Waals surface area contributed by atoms with E-state index >= 15 is 0 Å². The first-order valence-corrected chi connectivity index (χ1v) is 9.25. The summed E-state index contributed by atoms with van der Waals surface area (Å²) >= 11 is 0. The number of carbonyl (C=O) groups excluding carboxylic acids is 3. The Morgan fingerprint density at radius 2 is 1.73 bits per heavy atom. The van der Waals surface area contributed by atoms with Gasteiger partial charge in [-0.25, -0.2) is 0 Å². The van der Waals surface area contributed by atoms with Crippen molar-refractivity contribution >= 4 is 23.4 Å². The Balaban J connectivity index is 1.87. The monoisotopic (exact) mass is 414 g/mol. The smallest absolute Gasteiger partial charge is 0.271 e.